The number of benzene rings is 1. The average Bonchev–Trinajstić information content (AvgIpc) is 2.53. The summed E-state index contributed by atoms with van der Waals surface area (Å²) in [4.78, 5) is 25.2. The summed E-state index contributed by atoms with van der Waals surface area (Å²) >= 11 is 0. The van der Waals surface area contributed by atoms with Crippen LogP contribution in [0.25, 0.3) is 0 Å². The molecule has 0 aromatic heterocycles. The number of likely N-dealkylation sites (tertiary alicyclic amines) is 1. The van der Waals surface area contributed by atoms with Crippen LogP contribution >= 0.6 is 0 Å². The molecule has 1 aromatic rings. The van der Waals surface area contributed by atoms with Crippen molar-refractivity contribution >= 4 is 11.8 Å². The van der Waals surface area contributed by atoms with Gasteiger partial charge in [0.05, 0.1) is 7.11 Å². The van der Waals surface area contributed by atoms with Crippen molar-refractivity contribution < 1.29 is 14.3 Å². The van der Waals surface area contributed by atoms with Crippen LogP contribution in [-0.2, 0) is 4.79 Å². The molecule has 1 heterocycles. The predicted molar refractivity (Wildman–Crippen MR) is 80.3 cm³/mol. The molecule has 0 saturated carbocycles. The molecule has 0 radical (unpaired) electrons. The molecule has 1 saturated heterocycles. The molecule has 0 spiro atoms. The monoisotopic (exact) mass is 290 g/mol. The molecule has 1 aromatic carbocycles. The van der Waals surface area contributed by atoms with Gasteiger partial charge in [0.1, 0.15) is 5.75 Å². The summed E-state index contributed by atoms with van der Waals surface area (Å²) in [6.07, 6.45) is 1.89. The minimum Gasteiger partial charge on any atom is -0.497 e. The second-order valence-corrected chi connectivity index (χ2v) is 5.39. The number of amides is 2. The number of nitrogens with one attached hydrogen (secondary N) is 1. The number of hydrogen-bond acceptors (Lipinski definition) is 3. The molecule has 1 N–H and O–H groups in total. The van der Waals surface area contributed by atoms with Crippen molar-refractivity contribution in [1.29, 1.82) is 0 Å². The minimum absolute atomic E-state index is 0.0633. The number of nitrogens with zero attached hydrogens (tertiary/aromatic N) is 1. The van der Waals surface area contributed by atoms with Crippen LogP contribution < -0.4 is 10.1 Å². The third-order valence-electron chi connectivity index (χ3n) is 3.96. The average molecular weight is 290 g/mol. The fourth-order valence-corrected chi connectivity index (χ4v) is 2.53. The zero-order valence-electron chi connectivity index (χ0n) is 12.6. The highest BCUT2D eigenvalue weighted by Gasteiger charge is 2.21. The van der Waals surface area contributed by atoms with Gasteiger partial charge in [-0.05, 0) is 43.0 Å². The third-order valence-corrected chi connectivity index (χ3v) is 3.96. The van der Waals surface area contributed by atoms with E-state index in [4.69, 9.17) is 4.74 Å². The van der Waals surface area contributed by atoms with Crippen LogP contribution in [0.15, 0.2) is 24.3 Å². The number of carbonyl (C=O) groups excluding carboxylic acids is 2. The largest absolute Gasteiger partial charge is 0.497 e. The van der Waals surface area contributed by atoms with E-state index in [0.29, 0.717) is 18.0 Å². The molecule has 1 aliphatic heterocycles. The van der Waals surface area contributed by atoms with E-state index in [1.165, 1.54) is 0 Å². The maximum absolute atomic E-state index is 12.0. The fourth-order valence-electron chi connectivity index (χ4n) is 2.53. The van der Waals surface area contributed by atoms with Crippen LogP contribution in [0.4, 0.5) is 0 Å². The first-order valence-corrected chi connectivity index (χ1v) is 7.28. The van der Waals surface area contributed by atoms with Crippen LogP contribution in [0.5, 0.6) is 5.75 Å². The molecule has 114 valence electrons. The lowest BCUT2D eigenvalue weighted by atomic mass is 9.96. The maximum atomic E-state index is 12.0. The summed E-state index contributed by atoms with van der Waals surface area (Å²) in [6, 6.07) is 7.07. The molecule has 1 aliphatic rings. The first kappa shape index (κ1) is 15.4. The smallest absolute Gasteiger partial charge is 0.251 e. The van der Waals surface area contributed by atoms with E-state index in [1.807, 2.05) is 4.90 Å². The second-order valence-electron chi connectivity index (χ2n) is 5.39. The van der Waals surface area contributed by atoms with Gasteiger partial charge in [-0.1, -0.05) is 0 Å². The van der Waals surface area contributed by atoms with Crippen molar-refractivity contribution in [3.63, 3.8) is 0 Å². The third kappa shape index (κ3) is 4.21. The van der Waals surface area contributed by atoms with Gasteiger partial charge in [0.15, 0.2) is 0 Å². The first-order chi connectivity index (χ1) is 10.1. The quantitative estimate of drug-likeness (QED) is 0.918. The summed E-state index contributed by atoms with van der Waals surface area (Å²) in [5.41, 5.74) is 0.636. The molecule has 21 heavy (non-hydrogen) atoms. The predicted octanol–water partition coefficient (Wildman–Crippen LogP) is 1.68. The molecule has 5 nitrogen and oxygen atoms in total. The van der Waals surface area contributed by atoms with Crippen LogP contribution in [-0.4, -0.2) is 43.5 Å². The molecular formula is C16H22N2O3. The lowest BCUT2D eigenvalue weighted by Gasteiger charge is -2.31. The lowest BCUT2D eigenvalue weighted by molar-refractivity contribution is -0.130. The zero-order valence-corrected chi connectivity index (χ0v) is 12.6. The van der Waals surface area contributed by atoms with E-state index >= 15 is 0 Å². The van der Waals surface area contributed by atoms with Crippen LogP contribution in [0.2, 0.25) is 0 Å². The molecule has 2 amide bonds. The number of rotatable bonds is 4. The Morgan fingerprint density at radius 1 is 1.24 bits per heavy atom. The molecule has 0 bridgehead atoms. The van der Waals surface area contributed by atoms with Crippen LogP contribution in [0.3, 0.4) is 0 Å². The maximum Gasteiger partial charge on any atom is 0.251 e. The van der Waals surface area contributed by atoms with Crippen molar-refractivity contribution in [2.45, 2.75) is 19.8 Å². The lowest BCUT2D eigenvalue weighted by Crippen LogP contribution is -2.40. The Balaban J connectivity index is 1.77. The van der Waals surface area contributed by atoms with Crippen molar-refractivity contribution in [3.8, 4) is 5.75 Å². The summed E-state index contributed by atoms with van der Waals surface area (Å²) in [6.45, 7) is 3.85. The number of hydrogen-bond donors (Lipinski definition) is 1. The molecule has 5 heteroatoms. The fraction of sp³-hybridized carbons (Fsp3) is 0.500. The van der Waals surface area contributed by atoms with Gasteiger partial charge in [-0.15, -0.1) is 0 Å². The first-order valence-electron chi connectivity index (χ1n) is 7.28. The van der Waals surface area contributed by atoms with Crippen LogP contribution in [0, 0.1) is 5.92 Å². The van der Waals surface area contributed by atoms with Crippen molar-refractivity contribution in [2.75, 3.05) is 26.7 Å². The van der Waals surface area contributed by atoms with Gasteiger partial charge < -0.3 is 15.0 Å². The van der Waals surface area contributed by atoms with Crippen molar-refractivity contribution in [2.24, 2.45) is 5.92 Å². The zero-order chi connectivity index (χ0) is 15.2. The second kappa shape index (κ2) is 7.11. The van der Waals surface area contributed by atoms with E-state index in [9.17, 15) is 9.59 Å². The topological polar surface area (TPSA) is 58.6 Å². The molecule has 0 atom stereocenters. The van der Waals surface area contributed by atoms with Crippen molar-refractivity contribution in [1.82, 2.24) is 10.2 Å². The van der Waals surface area contributed by atoms with Gasteiger partial charge >= 0.3 is 0 Å². The molecule has 0 unspecified atom stereocenters. The number of methoxy groups -OCH3 is 1. The number of carbonyl (C=O) groups is 2. The minimum atomic E-state index is -0.0633. The molecule has 0 aliphatic carbocycles. The highest BCUT2D eigenvalue weighted by molar-refractivity contribution is 5.94. The summed E-state index contributed by atoms with van der Waals surface area (Å²) < 4.78 is 5.07. The van der Waals surface area contributed by atoms with Gasteiger partial charge in [-0.3, -0.25) is 9.59 Å². The molecule has 2 rings (SSSR count). The SMILES string of the molecule is COc1ccc(C(=O)NCC2CCN(C(C)=O)CC2)cc1. The van der Waals surface area contributed by atoms with Crippen LogP contribution in [0.1, 0.15) is 30.1 Å². The van der Waals surface area contributed by atoms with E-state index in [1.54, 1.807) is 38.3 Å². The molecular weight excluding hydrogens is 268 g/mol. The Labute approximate surface area is 125 Å². The number of ether oxygens (including phenoxy) is 1. The summed E-state index contributed by atoms with van der Waals surface area (Å²) in [7, 11) is 1.60. The van der Waals surface area contributed by atoms with E-state index in [2.05, 4.69) is 5.32 Å². The van der Waals surface area contributed by atoms with E-state index in [-0.39, 0.29) is 11.8 Å². The van der Waals surface area contributed by atoms with E-state index < -0.39 is 0 Å². The number of piperidine rings is 1. The molecule has 1 fully saturated rings. The van der Waals surface area contributed by atoms with Gasteiger partial charge in [0.25, 0.3) is 5.91 Å². The van der Waals surface area contributed by atoms with E-state index in [0.717, 1.165) is 31.7 Å². The Bertz CT molecular complexity index is 491. The van der Waals surface area contributed by atoms with Gasteiger partial charge in [-0.2, -0.15) is 0 Å². The Hall–Kier alpha value is -2.04. The Morgan fingerprint density at radius 2 is 1.86 bits per heavy atom. The summed E-state index contributed by atoms with van der Waals surface area (Å²) in [5.74, 6) is 1.26. The Morgan fingerprint density at radius 3 is 2.38 bits per heavy atom. The standard InChI is InChI=1S/C16H22N2O3/c1-12(19)18-9-7-13(8-10-18)11-17-16(20)14-3-5-15(21-2)6-4-14/h3-6,13H,7-11H2,1-2H3,(H,17,20). The highest BCUT2D eigenvalue weighted by atomic mass is 16.5. The summed E-state index contributed by atoms with van der Waals surface area (Å²) in [5, 5.41) is 2.97. The van der Waals surface area contributed by atoms with Gasteiger partial charge in [0, 0.05) is 32.1 Å². The Kier molecular flexibility index (Phi) is 5.20. The van der Waals surface area contributed by atoms with Gasteiger partial charge in [0.2, 0.25) is 5.91 Å². The van der Waals surface area contributed by atoms with Gasteiger partial charge in [-0.25, -0.2) is 0 Å². The highest BCUT2D eigenvalue weighted by Crippen LogP contribution is 2.17. The van der Waals surface area contributed by atoms with Crippen molar-refractivity contribution in [3.05, 3.63) is 29.8 Å². The normalized spacial score (nSPS) is 15.6.